The van der Waals surface area contributed by atoms with Gasteiger partial charge in [-0.25, -0.2) is 10.3 Å². The molecule has 10 nitrogen and oxygen atoms in total. The smallest absolute Gasteiger partial charge is 0.311 e. The number of hydrogen-bond acceptors (Lipinski definition) is 6. The zero-order valence-corrected chi connectivity index (χ0v) is 15.0. The van der Waals surface area contributed by atoms with Crippen LogP contribution in [0.1, 0.15) is 19.3 Å². The number of amides is 3. The fourth-order valence-corrected chi connectivity index (χ4v) is 4.06. The fourth-order valence-electron chi connectivity index (χ4n) is 3.50. The van der Waals surface area contributed by atoms with Gasteiger partial charge in [0.05, 0.1) is 12.6 Å². The van der Waals surface area contributed by atoms with Gasteiger partial charge in [-0.2, -0.15) is 9.27 Å². The lowest BCUT2D eigenvalue weighted by atomic mass is 10.0. The van der Waals surface area contributed by atoms with Crippen molar-refractivity contribution in [3.05, 3.63) is 0 Å². The molecule has 2 bridgehead atoms. The Hall–Kier alpha value is -0.980. The van der Waals surface area contributed by atoms with E-state index in [-0.39, 0.29) is 18.6 Å². The van der Waals surface area contributed by atoms with Crippen molar-refractivity contribution in [3.8, 4) is 0 Å². The number of carbonyl (C=O) groups excluding carboxylic acids is 2. The molecule has 3 saturated heterocycles. The molecule has 5 atom stereocenters. The van der Waals surface area contributed by atoms with Gasteiger partial charge in [0, 0.05) is 18.5 Å². The molecule has 3 amide bonds. The first-order valence-electron chi connectivity index (χ1n) is 8.09. The van der Waals surface area contributed by atoms with Gasteiger partial charge in [-0.15, -0.1) is 15.9 Å². The number of halogens is 1. The van der Waals surface area contributed by atoms with E-state index in [1.807, 2.05) is 0 Å². The second-order valence-electron chi connectivity index (χ2n) is 6.44. The van der Waals surface area contributed by atoms with Crippen molar-refractivity contribution >= 4 is 34.9 Å². The topological polar surface area (TPSA) is 120 Å². The third-order valence-electron chi connectivity index (χ3n) is 4.76. The normalized spacial score (nSPS) is 33.0. The lowest BCUT2D eigenvalue weighted by Gasteiger charge is -2.29. The number of carbonyl (C=O) groups is 2. The van der Waals surface area contributed by atoms with Crippen molar-refractivity contribution in [2.45, 2.75) is 37.4 Å². The number of fused-ring (bicyclic) bond motifs is 2. The second kappa shape index (κ2) is 8.14. The van der Waals surface area contributed by atoms with Gasteiger partial charge in [0.2, 0.25) is 0 Å². The molecule has 0 aliphatic carbocycles. The van der Waals surface area contributed by atoms with E-state index in [4.69, 9.17) is 21.0 Å². The van der Waals surface area contributed by atoms with Crippen LogP contribution in [-0.4, -0.2) is 74.4 Å². The zero-order valence-electron chi connectivity index (χ0n) is 13.4. The highest BCUT2D eigenvalue weighted by Gasteiger charge is 2.48. The number of hydroxylamine groups is 3. The number of hydrogen-bond donors (Lipinski definition) is 3. The molecule has 0 aromatic rings. The molecule has 3 aliphatic rings. The van der Waals surface area contributed by atoms with Gasteiger partial charge in [-0.1, -0.05) is 0 Å². The lowest BCUT2D eigenvalue weighted by Crippen LogP contribution is -2.50. The van der Waals surface area contributed by atoms with Crippen LogP contribution in [0.15, 0.2) is 0 Å². The predicted octanol–water partition coefficient (Wildman–Crippen LogP) is -0.412. The van der Waals surface area contributed by atoms with E-state index in [0.717, 1.165) is 18.0 Å². The maximum Gasteiger partial charge on any atom is 0.346 e. The Morgan fingerprint density at radius 3 is 2.96 bits per heavy atom. The van der Waals surface area contributed by atoms with E-state index in [9.17, 15) is 13.8 Å². The minimum absolute atomic E-state index is 0.136. The molecular weight excluding hydrogens is 376 g/mol. The van der Waals surface area contributed by atoms with Gasteiger partial charge in [0.15, 0.2) is 0 Å². The first kappa shape index (κ1) is 18.8. The summed E-state index contributed by atoms with van der Waals surface area (Å²) >= 11 is 3.23. The van der Waals surface area contributed by atoms with Crippen molar-refractivity contribution in [2.75, 3.05) is 25.6 Å². The molecule has 3 aliphatic heterocycles. The third kappa shape index (κ3) is 4.23. The quantitative estimate of drug-likeness (QED) is 0.304. The molecule has 3 rings (SSSR count). The van der Waals surface area contributed by atoms with Crippen LogP contribution in [0.5, 0.6) is 0 Å². The van der Waals surface area contributed by atoms with Gasteiger partial charge in [0.25, 0.3) is 5.91 Å². The minimum Gasteiger partial charge on any atom is -0.311 e. The monoisotopic (exact) mass is 396 g/mol. The summed E-state index contributed by atoms with van der Waals surface area (Å²) in [5.41, 5.74) is 2.40. The van der Waals surface area contributed by atoms with Gasteiger partial charge < -0.3 is 10.2 Å². The molecule has 3 unspecified atom stereocenters. The Labute approximate surface area is 152 Å². The Bertz CT molecular complexity index is 555. The fraction of sp³-hybridized carbons (Fsp3) is 0.846. The summed E-state index contributed by atoms with van der Waals surface area (Å²) in [5.74, 6) is 0.588. The summed E-state index contributed by atoms with van der Waals surface area (Å²) in [6.45, 7) is 1.43. The predicted molar refractivity (Wildman–Crippen MR) is 87.3 cm³/mol. The van der Waals surface area contributed by atoms with E-state index in [2.05, 4.69) is 15.1 Å². The molecule has 25 heavy (non-hydrogen) atoms. The number of alkyl halides is 1. The molecule has 0 aromatic carbocycles. The zero-order chi connectivity index (χ0) is 18.0. The maximum atomic E-state index is 12.3. The van der Waals surface area contributed by atoms with Crippen LogP contribution < -0.4 is 10.8 Å². The van der Waals surface area contributed by atoms with Crippen LogP contribution >= 0.6 is 11.6 Å². The molecule has 3 heterocycles. The molecule has 142 valence electrons. The highest BCUT2D eigenvalue weighted by Crippen LogP contribution is 2.30. The van der Waals surface area contributed by atoms with Crippen molar-refractivity contribution < 1.29 is 27.5 Å². The van der Waals surface area contributed by atoms with Crippen LogP contribution in [0, 0.1) is 5.92 Å². The average Bonchev–Trinajstić information content (AvgIpc) is 3.14. The largest absolute Gasteiger partial charge is 0.346 e. The van der Waals surface area contributed by atoms with Crippen LogP contribution in [0.2, 0.25) is 0 Å². The van der Waals surface area contributed by atoms with E-state index >= 15 is 0 Å². The average molecular weight is 397 g/mol. The molecular formula is C13H21ClN4O6S. The van der Waals surface area contributed by atoms with E-state index in [1.165, 1.54) is 4.90 Å². The van der Waals surface area contributed by atoms with Crippen molar-refractivity contribution in [3.63, 3.8) is 0 Å². The molecule has 3 fully saturated rings. The van der Waals surface area contributed by atoms with Crippen LogP contribution in [0.25, 0.3) is 0 Å². The second-order valence-corrected chi connectivity index (χ2v) is 7.33. The molecule has 0 saturated carbocycles. The van der Waals surface area contributed by atoms with E-state index in [0.29, 0.717) is 31.2 Å². The Morgan fingerprint density at radius 1 is 1.48 bits per heavy atom. The Balaban J connectivity index is 1.47. The highest BCUT2D eigenvalue weighted by molar-refractivity contribution is 7.74. The molecule has 0 radical (unpaired) electrons. The number of piperidine rings is 1. The van der Waals surface area contributed by atoms with Gasteiger partial charge >= 0.3 is 17.4 Å². The number of urea groups is 1. The van der Waals surface area contributed by atoms with Gasteiger partial charge in [-0.05, 0) is 31.7 Å². The summed E-state index contributed by atoms with van der Waals surface area (Å²) in [6, 6.07) is -1.47. The van der Waals surface area contributed by atoms with E-state index < -0.39 is 29.3 Å². The van der Waals surface area contributed by atoms with Crippen LogP contribution in [-0.2, 0) is 25.3 Å². The van der Waals surface area contributed by atoms with Gasteiger partial charge in [-0.3, -0.25) is 14.2 Å². The maximum absolute atomic E-state index is 12.3. The van der Waals surface area contributed by atoms with Crippen molar-refractivity contribution in [1.82, 2.24) is 20.8 Å². The number of nitrogens with zero attached hydrogens (tertiary/aromatic N) is 2. The summed E-state index contributed by atoms with van der Waals surface area (Å²) in [4.78, 5) is 31.2. The Morgan fingerprint density at radius 2 is 2.28 bits per heavy atom. The summed E-state index contributed by atoms with van der Waals surface area (Å²) in [5, 5.41) is 4.14. The molecule has 3 N–H and O–H groups in total. The lowest BCUT2D eigenvalue weighted by molar-refractivity contribution is -0.139. The summed E-state index contributed by atoms with van der Waals surface area (Å²) in [6.07, 6.45) is 1.82. The van der Waals surface area contributed by atoms with E-state index in [1.54, 1.807) is 0 Å². The highest BCUT2D eigenvalue weighted by atomic mass is 35.5. The molecule has 0 aromatic heterocycles. The Kier molecular flexibility index (Phi) is 6.12. The third-order valence-corrected chi connectivity index (χ3v) is 5.48. The molecule has 12 heteroatoms. The summed E-state index contributed by atoms with van der Waals surface area (Å²) in [7, 11) is 0. The minimum atomic E-state index is -2.58. The SMILES string of the molecule is O=C(NOC[C@@H]1C[C@@H](CCl)CN1)C1CCC2CN1C(=O)N2OS(=O)O. The number of nitrogens with one attached hydrogen (secondary N) is 2. The van der Waals surface area contributed by atoms with Crippen molar-refractivity contribution in [1.29, 1.82) is 0 Å². The van der Waals surface area contributed by atoms with Crippen LogP contribution in [0.4, 0.5) is 4.79 Å². The van der Waals surface area contributed by atoms with Crippen LogP contribution in [0.3, 0.4) is 0 Å². The van der Waals surface area contributed by atoms with Crippen molar-refractivity contribution in [2.24, 2.45) is 5.92 Å². The van der Waals surface area contributed by atoms with Gasteiger partial charge in [0.1, 0.15) is 6.04 Å². The first-order valence-corrected chi connectivity index (χ1v) is 9.66. The molecule has 0 spiro atoms. The summed E-state index contributed by atoms with van der Waals surface area (Å²) < 4.78 is 24.2. The first-order chi connectivity index (χ1) is 12.0. The number of rotatable bonds is 7. The standard InChI is InChI=1S/C13H21ClN4O6S/c14-4-8-3-9(15-5-8)7-23-16-12(19)11-2-1-10-6-17(11)13(20)18(10)24-25(21)22/h8-11,15H,1-7H2,(H,16,19)(H,21,22)/t8-,9-,10?,11?/m0/s1.